The van der Waals surface area contributed by atoms with Gasteiger partial charge in [-0.2, -0.15) is 0 Å². The molecular weight excluding hydrogens is 248 g/mol. The van der Waals surface area contributed by atoms with Gasteiger partial charge in [0.05, 0.1) is 6.04 Å². The first kappa shape index (κ1) is 13.6. The quantitative estimate of drug-likeness (QED) is 0.882. The van der Waals surface area contributed by atoms with Crippen LogP contribution in [0.2, 0.25) is 0 Å². The molecule has 1 saturated carbocycles. The maximum atomic E-state index is 12.3. The molecule has 0 bridgehead atoms. The Morgan fingerprint density at radius 2 is 2.00 bits per heavy atom. The number of hydrogen-bond acceptors (Lipinski definition) is 2. The number of carbonyl (C=O) groups is 1. The lowest BCUT2D eigenvalue weighted by Crippen LogP contribution is -2.43. The van der Waals surface area contributed by atoms with Crippen LogP contribution in [0.15, 0.2) is 24.3 Å². The third-order valence-corrected chi connectivity index (χ3v) is 4.93. The Morgan fingerprint density at radius 3 is 2.75 bits per heavy atom. The largest absolute Gasteiger partial charge is 0.351 e. The summed E-state index contributed by atoms with van der Waals surface area (Å²) < 4.78 is 0. The molecular formula is C17H24N2O. The van der Waals surface area contributed by atoms with Gasteiger partial charge in [0.1, 0.15) is 0 Å². The molecule has 3 heteroatoms. The minimum atomic E-state index is 0.0393. The van der Waals surface area contributed by atoms with E-state index in [9.17, 15) is 4.79 Å². The third-order valence-electron chi connectivity index (χ3n) is 4.93. The summed E-state index contributed by atoms with van der Waals surface area (Å²) in [6, 6.07) is 8.54. The topological polar surface area (TPSA) is 41.1 Å². The Kier molecular flexibility index (Phi) is 4.06. The number of hydrogen-bond donors (Lipinski definition) is 2. The van der Waals surface area contributed by atoms with Gasteiger partial charge in [0.15, 0.2) is 0 Å². The lowest BCUT2D eigenvalue weighted by Gasteiger charge is -2.17. The second kappa shape index (κ2) is 5.96. The first-order chi connectivity index (χ1) is 9.78. The van der Waals surface area contributed by atoms with E-state index in [1.54, 1.807) is 0 Å². The maximum absolute atomic E-state index is 12.3. The third kappa shape index (κ3) is 2.73. The molecule has 1 saturated heterocycles. The Balaban J connectivity index is 1.53. The van der Waals surface area contributed by atoms with Gasteiger partial charge in [-0.15, -0.1) is 0 Å². The van der Waals surface area contributed by atoms with Crippen LogP contribution in [-0.2, 0) is 17.8 Å². The van der Waals surface area contributed by atoms with Crippen molar-refractivity contribution in [1.82, 2.24) is 10.6 Å². The SMILES string of the molecule is CCc1ccc(CNC(=O)C2NCC3CCCC32)cc1. The molecule has 1 aliphatic carbocycles. The first-order valence-corrected chi connectivity index (χ1v) is 7.87. The van der Waals surface area contributed by atoms with Crippen molar-refractivity contribution in [3.8, 4) is 0 Å². The van der Waals surface area contributed by atoms with Crippen LogP contribution in [0, 0.1) is 11.8 Å². The normalized spacial score (nSPS) is 28.4. The van der Waals surface area contributed by atoms with Gasteiger partial charge in [-0.1, -0.05) is 37.6 Å². The Labute approximate surface area is 121 Å². The number of aryl methyl sites for hydroxylation is 1. The van der Waals surface area contributed by atoms with Gasteiger partial charge in [-0.05, 0) is 48.8 Å². The molecule has 0 radical (unpaired) electrons. The van der Waals surface area contributed by atoms with Crippen LogP contribution in [-0.4, -0.2) is 18.5 Å². The van der Waals surface area contributed by atoms with E-state index < -0.39 is 0 Å². The van der Waals surface area contributed by atoms with Crippen LogP contribution < -0.4 is 10.6 Å². The number of rotatable bonds is 4. The van der Waals surface area contributed by atoms with Crippen molar-refractivity contribution >= 4 is 5.91 Å². The molecule has 3 rings (SSSR count). The summed E-state index contributed by atoms with van der Waals surface area (Å²) in [7, 11) is 0. The number of fused-ring (bicyclic) bond motifs is 1. The Morgan fingerprint density at radius 1 is 1.25 bits per heavy atom. The minimum absolute atomic E-state index is 0.0393. The van der Waals surface area contributed by atoms with Crippen molar-refractivity contribution < 1.29 is 4.79 Å². The van der Waals surface area contributed by atoms with Crippen molar-refractivity contribution in [3.05, 3.63) is 35.4 Å². The van der Waals surface area contributed by atoms with E-state index in [0.29, 0.717) is 12.5 Å². The summed E-state index contributed by atoms with van der Waals surface area (Å²) in [4.78, 5) is 12.3. The second-order valence-electron chi connectivity index (χ2n) is 6.13. The molecule has 1 heterocycles. The smallest absolute Gasteiger partial charge is 0.237 e. The summed E-state index contributed by atoms with van der Waals surface area (Å²) in [5.41, 5.74) is 2.52. The molecule has 1 amide bonds. The zero-order valence-electron chi connectivity index (χ0n) is 12.2. The van der Waals surface area contributed by atoms with E-state index in [1.165, 1.54) is 30.4 Å². The highest BCUT2D eigenvalue weighted by molar-refractivity contribution is 5.82. The van der Waals surface area contributed by atoms with Crippen molar-refractivity contribution in [2.45, 2.75) is 45.2 Å². The summed E-state index contributed by atoms with van der Waals surface area (Å²) in [5.74, 6) is 1.48. The predicted octanol–water partition coefficient (Wildman–Crippen LogP) is 2.25. The molecule has 3 unspecified atom stereocenters. The number of carbonyl (C=O) groups excluding carboxylic acids is 1. The van der Waals surface area contributed by atoms with Gasteiger partial charge < -0.3 is 10.6 Å². The van der Waals surface area contributed by atoms with Crippen molar-refractivity contribution in [1.29, 1.82) is 0 Å². The van der Waals surface area contributed by atoms with Crippen LogP contribution in [0.3, 0.4) is 0 Å². The van der Waals surface area contributed by atoms with Gasteiger partial charge >= 0.3 is 0 Å². The average Bonchev–Trinajstić information content (AvgIpc) is 3.08. The highest BCUT2D eigenvalue weighted by atomic mass is 16.2. The lowest BCUT2D eigenvalue weighted by atomic mass is 9.93. The molecule has 2 N–H and O–H groups in total. The highest BCUT2D eigenvalue weighted by Crippen LogP contribution is 2.37. The number of amides is 1. The van der Waals surface area contributed by atoms with E-state index in [1.807, 2.05) is 0 Å². The van der Waals surface area contributed by atoms with E-state index in [0.717, 1.165) is 18.9 Å². The summed E-state index contributed by atoms with van der Waals surface area (Å²) in [6.45, 7) is 3.81. The van der Waals surface area contributed by atoms with Gasteiger partial charge in [0.2, 0.25) is 5.91 Å². The molecule has 20 heavy (non-hydrogen) atoms. The molecule has 0 aromatic heterocycles. The average molecular weight is 272 g/mol. The van der Waals surface area contributed by atoms with E-state index in [2.05, 4.69) is 41.8 Å². The monoisotopic (exact) mass is 272 g/mol. The Hall–Kier alpha value is -1.35. The summed E-state index contributed by atoms with van der Waals surface area (Å²) >= 11 is 0. The zero-order valence-corrected chi connectivity index (χ0v) is 12.2. The fraction of sp³-hybridized carbons (Fsp3) is 0.588. The van der Waals surface area contributed by atoms with Crippen molar-refractivity contribution in [3.63, 3.8) is 0 Å². The van der Waals surface area contributed by atoms with Gasteiger partial charge in [-0.3, -0.25) is 4.79 Å². The second-order valence-corrected chi connectivity index (χ2v) is 6.13. The molecule has 0 spiro atoms. The molecule has 1 aromatic rings. The maximum Gasteiger partial charge on any atom is 0.237 e. The van der Waals surface area contributed by atoms with E-state index >= 15 is 0 Å². The molecule has 1 aromatic carbocycles. The molecule has 108 valence electrons. The fourth-order valence-electron chi connectivity index (χ4n) is 3.67. The summed E-state index contributed by atoms with van der Waals surface area (Å²) in [5, 5.41) is 6.49. The highest BCUT2D eigenvalue weighted by Gasteiger charge is 2.42. The van der Waals surface area contributed by atoms with Crippen LogP contribution in [0.1, 0.15) is 37.3 Å². The number of benzene rings is 1. The molecule has 2 fully saturated rings. The molecule has 3 nitrogen and oxygen atoms in total. The lowest BCUT2D eigenvalue weighted by molar-refractivity contribution is -0.123. The van der Waals surface area contributed by atoms with Crippen LogP contribution in [0.4, 0.5) is 0 Å². The van der Waals surface area contributed by atoms with Gasteiger partial charge in [0, 0.05) is 6.54 Å². The Bertz CT molecular complexity index is 468. The van der Waals surface area contributed by atoms with Crippen LogP contribution >= 0.6 is 0 Å². The summed E-state index contributed by atoms with van der Waals surface area (Å²) in [6.07, 6.45) is 4.85. The molecule has 1 aliphatic heterocycles. The fourth-order valence-corrected chi connectivity index (χ4v) is 3.67. The minimum Gasteiger partial charge on any atom is -0.351 e. The molecule has 2 aliphatic rings. The van der Waals surface area contributed by atoms with Gasteiger partial charge in [-0.25, -0.2) is 0 Å². The number of nitrogens with one attached hydrogen (secondary N) is 2. The van der Waals surface area contributed by atoms with Crippen LogP contribution in [0.5, 0.6) is 0 Å². The standard InChI is InChI=1S/C17H24N2O/c1-2-12-6-8-13(9-7-12)10-19-17(20)16-15-5-3-4-14(15)11-18-16/h6-9,14-16,18H,2-5,10-11H2,1H3,(H,19,20). The zero-order chi connectivity index (χ0) is 13.9. The van der Waals surface area contributed by atoms with E-state index in [-0.39, 0.29) is 11.9 Å². The van der Waals surface area contributed by atoms with Crippen molar-refractivity contribution in [2.75, 3.05) is 6.54 Å². The van der Waals surface area contributed by atoms with Gasteiger partial charge in [0.25, 0.3) is 0 Å². The predicted molar refractivity (Wildman–Crippen MR) is 80.3 cm³/mol. The molecule has 3 atom stereocenters. The first-order valence-electron chi connectivity index (χ1n) is 7.87. The van der Waals surface area contributed by atoms with E-state index in [4.69, 9.17) is 0 Å². The van der Waals surface area contributed by atoms with Crippen molar-refractivity contribution in [2.24, 2.45) is 11.8 Å². The van der Waals surface area contributed by atoms with Crippen LogP contribution in [0.25, 0.3) is 0 Å².